The number of fused-ring (bicyclic) bond motifs is 4. The number of thiophene rings is 1. The molecule has 13 heteroatoms. The van der Waals surface area contributed by atoms with Crippen molar-refractivity contribution in [1.82, 2.24) is 34.0 Å². The highest BCUT2D eigenvalue weighted by atomic mass is 32.1. The van der Waals surface area contributed by atoms with E-state index >= 15 is 0 Å². The zero-order chi connectivity index (χ0) is 31.5. The molecule has 1 N–H and O–H groups in total. The summed E-state index contributed by atoms with van der Waals surface area (Å²) in [5.74, 6) is 0.709. The van der Waals surface area contributed by atoms with Crippen molar-refractivity contribution in [2.75, 3.05) is 32.1 Å². The third-order valence-electron chi connectivity index (χ3n) is 8.65. The van der Waals surface area contributed by atoms with Crippen molar-refractivity contribution in [3.05, 3.63) is 79.2 Å². The van der Waals surface area contributed by atoms with E-state index in [1.807, 2.05) is 10.7 Å². The third kappa shape index (κ3) is 5.20. The van der Waals surface area contributed by atoms with Crippen molar-refractivity contribution in [2.45, 2.75) is 39.8 Å². The Morgan fingerprint density at radius 3 is 2.80 bits per heavy atom. The van der Waals surface area contributed by atoms with E-state index in [-0.39, 0.29) is 27.9 Å². The van der Waals surface area contributed by atoms with Gasteiger partial charge in [-0.1, -0.05) is 13.8 Å². The van der Waals surface area contributed by atoms with Gasteiger partial charge < -0.3 is 14.6 Å². The molecule has 0 fully saturated rings. The standard InChI is InChI=1S/C32H34N8O4S/c1-32(2)13-22-23-15-34-40(31(43)28(23)45-26(22)14-32)29-24(18-41)21(5-6-33-29)19-11-25(30(42)37(3)16-19)35-27-12-20-17-38(9-10-44-4)7-8-39(20)36-27/h5-6,11-12,15-16,18H,7-10,13-14,17H2,1-4H3,(H,35,36). The lowest BCUT2D eigenvalue weighted by atomic mass is 9.90. The number of nitrogens with zero attached hydrogens (tertiary/aromatic N) is 7. The van der Waals surface area contributed by atoms with Gasteiger partial charge in [0.1, 0.15) is 10.4 Å². The van der Waals surface area contributed by atoms with Gasteiger partial charge in [0.25, 0.3) is 11.1 Å². The highest BCUT2D eigenvalue weighted by molar-refractivity contribution is 7.19. The van der Waals surface area contributed by atoms with E-state index in [2.05, 4.69) is 39.2 Å². The first-order valence-corrected chi connectivity index (χ1v) is 15.7. The molecule has 0 unspecified atom stereocenters. The lowest BCUT2D eigenvalue weighted by Gasteiger charge is -2.26. The number of hydrogen-bond acceptors (Lipinski definition) is 10. The van der Waals surface area contributed by atoms with Crippen LogP contribution in [0.25, 0.3) is 27.0 Å². The van der Waals surface area contributed by atoms with Crippen LogP contribution in [0.4, 0.5) is 11.5 Å². The van der Waals surface area contributed by atoms with Crippen LogP contribution in [0.15, 0.2) is 46.4 Å². The number of hydrogen-bond donors (Lipinski definition) is 1. The Morgan fingerprint density at radius 2 is 2.00 bits per heavy atom. The quantitative estimate of drug-likeness (QED) is 0.257. The molecule has 12 nitrogen and oxygen atoms in total. The second-order valence-electron chi connectivity index (χ2n) is 12.5. The summed E-state index contributed by atoms with van der Waals surface area (Å²) in [6, 6.07) is 5.34. The average Bonchev–Trinajstić information content (AvgIpc) is 3.67. The molecule has 232 valence electrons. The summed E-state index contributed by atoms with van der Waals surface area (Å²) >= 11 is 1.51. The van der Waals surface area contributed by atoms with Crippen LogP contribution in [0.5, 0.6) is 0 Å². The largest absolute Gasteiger partial charge is 0.383 e. The van der Waals surface area contributed by atoms with Gasteiger partial charge in [0, 0.05) is 68.1 Å². The Labute approximate surface area is 262 Å². The number of methoxy groups -OCH3 is 1. The molecule has 2 aliphatic rings. The Morgan fingerprint density at radius 1 is 1.16 bits per heavy atom. The zero-order valence-electron chi connectivity index (χ0n) is 25.7. The van der Waals surface area contributed by atoms with E-state index in [1.54, 1.807) is 44.9 Å². The number of aldehydes is 1. The summed E-state index contributed by atoms with van der Waals surface area (Å²) in [6.07, 6.45) is 7.43. The normalized spacial score (nSPS) is 15.7. The molecule has 0 saturated heterocycles. The second kappa shape index (κ2) is 11.2. The van der Waals surface area contributed by atoms with Gasteiger partial charge in [-0.05, 0) is 41.5 Å². The van der Waals surface area contributed by atoms with Gasteiger partial charge in [-0.2, -0.15) is 14.9 Å². The number of carbonyl (C=O) groups excluding carboxylic acids is 1. The summed E-state index contributed by atoms with van der Waals surface area (Å²) in [5.41, 5.74) is 3.50. The Hall–Kier alpha value is -4.46. The molecule has 6 heterocycles. The minimum absolute atomic E-state index is 0.145. The molecule has 0 saturated carbocycles. The van der Waals surface area contributed by atoms with Crippen molar-refractivity contribution < 1.29 is 9.53 Å². The van der Waals surface area contributed by atoms with Crippen LogP contribution in [0, 0.1) is 5.41 Å². The minimum atomic E-state index is -0.301. The maximum absolute atomic E-state index is 13.7. The first-order valence-electron chi connectivity index (χ1n) is 14.9. The van der Waals surface area contributed by atoms with Gasteiger partial charge in [0.2, 0.25) is 0 Å². The van der Waals surface area contributed by atoms with Crippen molar-refractivity contribution in [3.8, 4) is 16.9 Å². The molecule has 1 aliphatic heterocycles. The number of pyridine rings is 2. The zero-order valence-corrected chi connectivity index (χ0v) is 26.5. The molecule has 0 amide bonds. The molecule has 0 spiro atoms. The van der Waals surface area contributed by atoms with Crippen LogP contribution in [0.3, 0.4) is 0 Å². The number of anilines is 2. The SMILES string of the molecule is COCCN1CCn2nc(Nc3cc(-c4ccnc(-n5ncc6c7c(sc6c5=O)CC(C)(C)C7)c4C=O)cn(C)c3=O)cc2C1. The van der Waals surface area contributed by atoms with E-state index in [1.165, 1.54) is 31.0 Å². The van der Waals surface area contributed by atoms with Crippen molar-refractivity contribution in [1.29, 1.82) is 0 Å². The monoisotopic (exact) mass is 626 g/mol. The molecule has 1 aliphatic carbocycles. The Kier molecular flexibility index (Phi) is 7.26. The summed E-state index contributed by atoms with van der Waals surface area (Å²) in [6.45, 7) is 8.31. The van der Waals surface area contributed by atoms with Crippen LogP contribution >= 0.6 is 11.3 Å². The van der Waals surface area contributed by atoms with Gasteiger partial charge in [-0.15, -0.1) is 11.3 Å². The number of aryl methyl sites for hydroxylation is 1. The molecule has 0 aromatic carbocycles. The van der Waals surface area contributed by atoms with Crippen LogP contribution in [0.1, 0.15) is 40.3 Å². The highest BCUT2D eigenvalue weighted by Gasteiger charge is 2.33. The fourth-order valence-corrected chi connectivity index (χ4v) is 7.90. The highest BCUT2D eigenvalue weighted by Crippen LogP contribution is 2.43. The molecule has 5 aromatic rings. The van der Waals surface area contributed by atoms with E-state index in [9.17, 15) is 14.4 Å². The summed E-state index contributed by atoms with van der Waals surface area (Å²) < 4.78 is 10.5. The van der Waals surface area contributed by atoms with E-state index in [0.717, 1.165) is 50.1 Å². The van der Waals surface area contributed by atoms with E-state index in [0.29, 0.717) is 40.2 Å². The van der Waals surface area contributed by atoms with Crippen LogP contribution in [-0.4, -0.2) is 67.1 Å². The number of rotatable bonds is 8. The predicted molar refractivity (Wildman–Crippen MR) is 173 cm³/mol. The summed E-state index contributed by atoms with van der Waals surface area (Å²) in [4.78, 5) is 47.4. The minimum Gasteiger partial charge on any atom is -0.383 e. The first-order chi connectivity index (χ1) is 21.7. The van der Waals surface area contributed by atoms with Crippen LogP contribution in [-0.2, 0) is 37.7 Å². The smallest absolute Gasteiger partial charge is 0.290 e. The molecule has 0 bridgehead atoms. The second-order valence-corrected chi connectivity index (χ2v) is 13.6. The number of carbonyl (C=O) groups is 1. The lowest BCUT2D eigenvalue weighted by molar-refractivity contribution is 0.112. The molecular formula is C32H34N8O4S. The van der Waals surface area contributed by atoms with Crippen molar-refractivity contribution >= 4 is 39.2 Å². The van der Waals surface area contributed by atoms with Gasteiger partial charge in [0.15, 0.2) is 17.9 Å². The fraction of sp³-hybridized carbons (Fsp3) is 0.375. The number of ether oxygens (including phenoxy) is 1. The maximum atomic E-state index is 13.7. The van der Waals surface area contributed by atoms with Crippen molar-refractivity contribution in [3.63, 3.8) is 0 Å². The molecule has 0 radical (unpaired) electrons. The van der Waals surface area contributed by atoms with E-state index in [4.69, 9.17) is 4.74 Å². The average molecular weight is 627 g/mol. The molecule has 7 rings (SSSR count). The molecule has 5 aromatic heterocycles. The molecule has 0 atom stereocenters. The third-order valence-corrected chi connectivity index (χ3v) is 9.88. The first kappa shape index (κ1) is 29.3. The molecular weight excluding hydrogens is 592 g/mol. The predicted octanol–water partition coefficient (Wildman–Crippen LogP) is 3.55. The Bertz CT molecular complexity index is 2090. The van der Waals surface area contributed by atoms with Gasteiger partial charge in [0.05, 0.1) is 30.6 Å². The number of aromatic nitrogens is 6. The molecule has 45 heavy (non-hydrogen) atoms. The van der Waals surface area contributed by atoms with Crippen LogP contribution in [0.2, 0.25) is 0 Å². The number of nitrogens with one attached hydrogen (secondary N) is 1. The fourth-order valence-electron chi connectivity index (χ4n) is 6.43. The Balaban J connectivity index is 1.24. The van der Waals surface area contributed by atoms with Crippen LogP contribution < -0.4 is 16.4 Å². The maximum Gasteiger partial charge on any atom is 0.290 e. The van der Waals surface area contributed by atoms with Crippen molar-refractivity contribution in [2.24, 2.45) is 12.5 Å². The lowest BCUT2D eigenvalue weighted by Crippen LogP contribution is -2.35. The topological polar surface area (TPSA) is 129 Å². The van der Waals surface area contributed by atoms with Gasteiger partial charge >= 0.3 is 0 Å². The van der Waals surface area contributed by atoms with Gasteiger partial charge in [-0.25, -0.2) is 4.98 Å². The van der Waals surface area contributed by atoms with Gasteiger partial charge in [-0.3, -0.25) is 24.0 Å². The summed E-state index contributed by atoms with van der Waals surface area (Å²) in [5, 5.41) is 13.2. The summed E-state index contributed by atoms with van der Waals surface area (Å²) in [7, 11) is 3.35. The van der Waals surface area contributed by atoms with E-state index < -0.39 is 0 Å².